The van der Waals surface area contributed by atoms with Gasteiger partial charge in [0.2, 0.25) is 0 Å². The second kappa shape index (κ2) is 9.28. The molecular formula is C23H18BrNO5. The van der Waals surface area contributed by atoms with Crippen molar-refractivity contribution in [1.29, 1.82) is 0 Å². The van der Waals surface area contributed by atoms with Gasteiger partial charge < -0.3 is 20.3 Å². The highest BCUT2D eigenvalue weighted by Crippen LogP contribution is 2.29. The molecule has 0 aromatic heterocycles. The number of phenols is 1. The van der Waals surface area contributed by atoms with Crippen molar-refractivity contribution in [2.24, 2.45) is 0 Å². The first-order valence-corrected chi connectivity index (χ1v) is 9.72. The van der Waals surface area contributed by atoms with Crippen LogP contribution >= 0.6 is 15.9 Å². The van der Waals surface area contributed by atoms with Gasteiger partial charge in [-0.3, -0.25) is 4.79 Å². The van der Waals surface area contributed by atoms with Gasteiger partial charge in [0.15, 0.2) is 0 Å². The lowest BCUT2D eigenvalue weighted by Crippen LogP contribution is -2.27. The number of halogens is 1. The lowest BCUT2D eigenvalue weighted by atomic mass is 10.1. The summed E-state index contributed by atoms with van der Waals surface area (Å²) >= 11 is 3.41. The largest absolute Gasteiger partial charge is 0.508 e. The van der Waals surface area contributed by atoms with E-state index in [4.69, 9.17) is 4.74 Å². The Balaban J connectivity index is 1.78. The number of ether oxygens (including phenoxy) is 1. The Hall–Kier alpha value is -3.58. The van der Waals surface area contributed by atoms with E-state index in [1.165, 1.54) is 24.3 Å². The van der Waals surface area contributed by atoms with Crippen LogP contribution in [0.5, 0.6) is 17.2 Å². The molecule has 3 aromatic carbocycles. The van der Waals surface area contributed by atoms with E-state index in [0.29, 0.717) is 22.6 Å². The molecular weight excluding hydrogens is 450 g/mol. The molecule has 7 heteroatoms. The zero-order chi connectivity index (χ0) is 21.7. The van der Waals surface area contributed by atoms with Crippen LogP contribution in [-0.2, 0) is 4.79 Å². The van der Waals surface area contributed by atoms with Crippen LogP contribution in [0.15, 0.2) is 76.9 Å². The molecule has 0 aliphatic heterocycles. The summed E-state index contributed by atoms with van der Waals surface area (Å²) in [6.07, 6.45) is 1.35. The molecule has 0 aliphatic rings. The zero-order valence-electron chi connectivity index (χ0n) is 15.9. The monoisotopic (exact) mass is 467 g/mol. The van der Waals surface area contributed by atoms with Gasteiger partial charge in [-0.2, -0.15) is 0 Å². The minimum Gasteiger partial charge on any atom is -0.508 e. The van der Waals surface area contributed by atoms with Crippen molar-refractivity contribution in [3.05, 3.63) is 93.6 Å². The number of rotatable bonds is 6. The molecule has 6 nitrogen and oxygen atoms in total. The molecule has 1 amide bonds. The fraction of sp³-hybridized carbons (Fsp3) is 0.0435. The van der Waals surface area contributed by atoms with Crippen molar-refractivity contribution in [1.82, 2.24) is 5.32 Å². The number of para-hydroxylation sites is 1. The summed E-state index contributed by atoms with van der Waals surface area (Å²) in [4.78, 5) is 24.1. The van der Waals surface area contributed by atoms with E-state index in [1.807, 2.05) is 24.3 Å². The van der Waals surface area contributed by atoms with Crippen molar-refractivity contribution in [3.8, 4) is 17.2 Å². The standard InChI is InChI=1S/C23H18BrNO5/c1-14-17(5-4-7-20(14)26)22(27)25-19(23(28)29)13-15-9-11-16(12-10-15)30-21-8-3-2-6-18(21)24/h2-13,26H,1H3,(H,25,27)(H,28,29)/b19-13-. The molecule has 0 atom stereocenters. The molecule has 152 valence electrons. The third-order valence-electron chi connectivity index (χ3n) is 4.28. The van der Waals surface area contributed by atoms with Gasteiger partial charge >= 0.3 is 5.97 Å². The van der Waals surface area contributed by atoms with E-state index in [0.717, 1.165) is 4.47 Å². The molecule has 0 spiro atoms. The molecule has 0 fully saturated rings. The molecule has 3 aromatic rings. The van der Waals surface area contributed by atoms with Crippen LogP contribution in [0, 0.1) is 6.92 Å². The Morgan fingerprint density at radius 3 is 2.37 bits per heavy atom. The number of carboxylic acid groups (broad SMARTS) is 1. The number of phenolic OH excluding ortho intramolecular Hbond substituents is 1. The topological polar surface area (TPSA) is 95.9 Å². The number of aliphatic carboxylic acids is 1. The first-order chi connectivity index (χ1) is 14.3. The van der Waals surface area contributed by atoms with Gasteiger partial charge in [-0.1, -0.05) is 30.3 Å². The average Bonchev–Trinajstić information content (AvgIpc) is 2.72. The summed E-state index contributed by atoms with van der Waals surface area (Å²) in [5.41, 5.74) is 0.842. The zero-order valence-corrected chi connectivity index (χ0v) is 17.5. The van der Waals surface area contributed by atoms with E-state index in [-0.39, 0.29) is 17.0 Å². The number of hydrogen-bond donors (Lipinski definition) is 3. The molecule has 0 heterocycles. The van der Waals surface area contributed by atoms with Crippen LogP contribution in [0.2, 0.25) is 0 Å². The SMILES string of the molecule is Cc1c(O)cccc1C(=O)N/C(=C\c1ccc(Oc2ccccc2Br)cc1)C(=O)O. The molecule has 0 saturated heterocycles. The maximum atomic E-state index is 12.5. The Morgan fingerprint density at radius 1 is 1.00 bits per heavy atom. The van der Waals surface area contributed by atoms with E-state index in [2.05, 4.69) is 21.2 Å². The van der Waals surface area contributed by atoms with Crippen LogP contribution in [0.4, 0.5) is 0 Å². The van der Waals surface area contributed by atoms with Crippen molar-refractivity contribution in [3.63, 3.8) is 0 Å². The molecule has 0 saturated carbocycles. The fourth-order valence-electron chi connectivity index (χ4n) is 2.66. The maximum absolute atomic E-state index is 12.5. The van der Waals surface area contributed by atoms with Crippen molar-refractivity contribution >= 4 is 33.9 Å². The summed E-state index contributed by atoms with van der Waals surface area (Å²) < 4.78 is 6.60. The lowest BCUT2D eigenvalue weighted by Gasteiger charge is -2.10. The first kappa shape index (κ1) is 21.1. The Bertz CT molecular complexity index is 1120. The smallest absolute Gasteiger partial charge is 0.352 e. The second-order valence-corrected chi connectivity index (χ2v) is 7.22. The van der Waals surface area contributed by atoms with Gasteiger partial charge in [0.1, 0.15) is 22.9 Å². The van der Waals surface area contributed by atoms with Gasteiger partial charge in [0, 0.05) is 11.1 Å². The quantitative estimate of drug-likeness (QED) is 0.437. The summed E-state index contributed by atoms with van der Waals surface area (Å²) in [7, 11) is 0. The van der Waals surface area contributed by atoms with Crippen LogP contribution < -0.4 is 10.1 Å². The Kier molecular flexibility index (Phi) is 6.54. The van der Waals surface area contributed by atoms with Gasteiger partial charge in [-0.05, 0) is 70.9 Å². The molecule has 30 heavy (non-hydrogen) atoms. The van der Waals surface area contributed by atoms with Crippen LogP contribution in [0.3, 0.4) is 0 Å². The van der Waals surface area contributed by atoms with E-state index < -0.39 is 11.9 Å². The molecule has 3 rings (SSSR count). The van der Waals surface area contributed by atoms with Crippen LogP contribution in [-0.4, -0.2) is 22.1 Å². The molecule has 0 radical (unpaired) electrons. The Labute approximate surface area is 181 Å². The number of benzene rings is 3. The van der Waals surface area contributed by atoms with Crippen molar-refractivity contribution < 1.29 is 24.5 Å². The molecule has 0 aliphatic carbocycles. The molecule has 3 N–H and O–H groups in total. The first-order valence-electron chi connectivity index (χ1n) is 8.92. The van der Waals surface area contributed by atoms with Crippen LogP contribution in [0.25, 0.3) is 6.08 Å². The predicted octanol–water partition coefficient (Wildman–Crippen LogP) is 5.11. The van der Waals surface area contributed by atoms with E-state index >= 15 is 0 Å². The van der Waals surface area contributed by atoms with Gasteiger partial charge in [0.05, 0.1) is 4.47 Å². The summed E-state index contributed by atoms with van der Waals surface area (Å²) in [5, 5.41) is 21.6. The summed E-state index contributed by atoms with van der Waals surface area (Å²) in [6, 6.07) is 18.7. The number of carboxylic acids is 1. The third kappa shape index (κ3) is 5.07. The Morgan fingerprint density at radius 2 is 1.70 bits per heavy atom. The average molecular weight is 468 g/mol. The molecule has 0 bridgehead atoms. The molecule has 0 unspecified atom stereocenters. The minimum atomic E-state index is -1.28. The van der Waals surface area contributed by atoms with Crippen molar-refractivity contribution in [2.45, 2.75) is 6.92 Å². The number of hydrogen-bond acceptors (Lipinski definition) is 4. The normalized spacial score (nSPS) is 11.1. The van der Waals surface area contributed by atoms with Crippen molar-refractivity contribution in [2.75, 3.05) is 0 Å². The minimum absolute atomic E-state index is 0.0378. The lowest BCUT2D eigenvalue weighted by molar-refractivity contribution is -0.132. The third-order valence-corrected chi connectivity index (χ3v) is 4.94. The number of amides is 1. The highest BCUT2D eigenvalue weighted by atomic mass is 79.9. The second-order valence-electron chi connectivity index (χ2n) is 6.37. The number of aromatic hydroxyl groups is 1. The highest BCUT2D eigenvalue weighted by molar-refractivity contribution is 9.10. The number of carbonyl (C=O) groups is 2. The summed E-state index contributed by atoms with van der Waals surface area (Å²) in [6.45, 7) is 1.58. The van der Waals surface area contributed by atoms with Crippen LogP contribution in [0.1, 0.15) is 21.5 Å². The van der Waals surface area contributed by atoms with E-state index in [9.17, 15) is 19.8 Å². The maximum Gasteiger partial charge on any atom is 0.352 e. The van der Waals surface area contributed by atoms with Gasteiger partial charge in [-0.25, -0.2) is 4.79 Å². The van der Waals surface area contributed by atoms with Gasteiger partial charge in [-0.15, -0.1) is 0 Å². The fourth-order valence-corrected chi connectivity index (χ4v) is 3.03. The van der Waals surface area contributed by atoms with E-state index in [1.54, 1.807) is 31.2 Å². The highest BCUT2D eigenvalue weighted by Gasteiger charge is 2.16. The summed E-state index contributed by atoms with van der Waals surface area (Å²) in [5.74, 6) is -0.708. The van der Waals surface area contributed by atoms with Gasteiger partial charge in [0.25, 0.3) is 5.91 Å². The number of nitrogens with one attached hydrogen (secondary N) is 1. The predicted molar refractivity (Wildman–Crippen MR) is 117 cm³/mol. The number of carbonyl (C=O) groups excluding carboxylic acids is 1.